The molecule has 0 aromatic heterocycles. The van der Waals surface area contributed by atoms with Crippen molar-refractivity contribution < 1.29 is 22.3 Å². The molecule has 1 nitrogen and oxygen atoms in total. The van der Waals surface area contributed by atoms with E-state index < -0.39 is 18.6 Å². The molecule has 0 heterocycles. The Labute approximate surface area is 144 Å². The molecule has 0 radical (unpaired) electrons. The fourth-order valence-electron chi connectivity index (χ4n) is 3.50. The van der Waals surface area contributed by atoms with E-state index in [1.807, 2.05) is 18.2 Å². The average Bonchev–Trinajstić information content (AvgIpc) is 2.60. The van der Waals surface area contributed by atoms with Gasteiger partial charge >= 0.3 is 6.18 Å². The van der Waals surface area contributed by atoms with Crippen LogP contribution in [0.25, 0.3) is 10.8 Å². The Bertz CT molecular complexity index is 758. The third-order valence-corrected chi connectivity index (χ3v) is 4.91. The fourth-order valence-corrected chi connectivity index (χ4v) is 3.50. The lowest BCUT2D eigenvalue weighted by Gasteiger charge is -2.27. The van der Waals surface area contributed by atoms with Gasteiger partial charge in [0.05, 0.1) is 0 Å². The number of ether oxygens (including phenoxy) is 1. The summed E-state index contributed by atoms with van der Waals surface area (Å²) in [6.07, 6.45) is 1.86. The first kappa shape index (κ1) is 17.8. The molecule has 0 saturated heterocycles. The molecule has 1 fully saturated rings. The van der Waals surface area contributed by atoms with Gasteiger partial charge in [0.25, 0.3) is 0 Å². The normalized spacial score (nSPS) is 21.3. The largest absolute Gasteiger partial charge is 0.481 e. The Morgan fingerprint density at radius 1 is 1.08 bits per heavy atom. The molecule has 134 valence electrons. The van der Waals surface area contributed by atoms with Crippen LogP contribution in [0.3, 0.4) is 0 Å². The molecule has 0 amide bonds. The minimum atomic E-state index is -4.49. The predicted molar refractivity (Wildman–Crippen MR) is 90.4 cm³/mol. The van der Waals surface area contributed by atoms with Gasteiger partial charge < -0.3 is 4.74 Å². The van der Waals surface area contributed by atoms with Crippen molar-refractivity contribution in [1.82, 2.24) is 0 Å². The van der Waals surface area contributed by atoms with Crippen LogP contribution < -0.4 is 4.74 Å². The summed E-state index contributed by atoms with van der Waals surface area (Å²) in [5.74, 6) is -0.111. The highest BCUT2D eigenvalue weighted by Crippen LogP contribution is 2.38. The van der Waals surface area contributed by atoms with E-state index >= 15 is 0 Å². The molecule has 1 saturated carbocycles. The lowest BCUT2D eigenvalue weighted by Crippen LogP contribution is -2.19. The maximum absolute atomic E-state index is 14.4. The van der Waals surface area contributed by atoms with E-state index in [9.17, 15) is 17.6 Å². The molecule has 2 aromatic carbocycles. The molecule has 5 heteroatoms. The zero-order valence-electron chi connectivity index (χ0n) is 13.8. The van der Waals surface area contributed by atoms with Gasteiger partial charge in [-0.2, -0.15) is 13.2 Å². The second kappa shape index (κ2) is 7.06. The second-order valence-corrected chi connectivity index (χ2v) is 6.61. The van der Waals surface area contributed by atoms with Crippen molar-refractivity contribution in [1.29, 1.82) is 0 Å². The summed E-state index contributed by atoms with van der Waals surface area (Å²) in [5.41, 5.74) is 1.15. The van der Waals surface area contributed by atoms with Gasteiger partial charge in [-0.05, 0) is 54.5 Å². The van der Waals surface area contributed by atoms with E-state index in [0.29, 0.717) is 17.2 Å². The van der Waals surface area contributed by atoms with Crippen LogP contribution in [0.5, 0.6) is 5.75 Å². The Balaban J connectivity index is 1.81. The summed E-state index contributed by atoms with van der Waals surface area (Å²) in [6, 6.07) is 8.33. The van der Waals surface area contributed by atoms with Crippen molar-refractivity contribution in [2.45, 2.75) is 37.8 Å². The smallest absolute Gasteiger partial charge is 0.422 e. The molecule has 0 bridgehead atoms. The van der Waals surface area contributed by atoms with Crippen LogP contribution in [0.15, 0.2) is 43.0 Å². The molecular formula is C20H20F4O. The first-order valence-electron chi connectivity index (χ1n) is 8.41. The zero-order valence-corrected chi connectivity index (χ0v) is 13.8. The first-order chi connectivity index (χ1) is 11.9. The van der Waals surface area contributed by atoms with E-state index in [4.69, 9.17) is 0 Å². The molecule has 0 atom stereocenters. The van der Waals surface area contributed by atoms with Crippen LogP contribution in [0, 0.1) is 11.7 Å². The summed E-state index contributed by atoms with van der Waals surface area (Å²) in [6.45, 7) is 2.35. The quantitative estimate of drug-likeness (QED) is 0.458. The van der Waals surface area contributed by atoms with Crippen molar-refractivity contribution in [3.05, 3.63) is 54.4 Å². The SMILES string of the molecule is C=CC1CCC(c2ccc3c(F)c(OCC(F)(F)F)ccc3c2)CC1. The van der Waals surface area contributed by atoms with Crippen molar-refractivity contribution in [3.63, 3.8) is 0 Å². The fraction of sp³-hybridized carbons (Fsp3) is 0.400. The summed E-state index contributed by atoms with van der Waals surface area (Å²) < 4.78 is 55.7. The summed E-state index contributed by atoms with van der Waals surface area (Å²) >= 11 is 0. The Morgan fingerprint density at radius 3 is 2.44 bits per heavy atom. The van der Waals surface area contributed by atoms with Crippen LogP contribution in [-0.2, 0) is 0 Å². The first-order valence-corrected chi connectivity index (χ1v) is 8.41. The van der Waals surface area contributed by atoms with Gasteiger partial charge in [-0.1, -0.05) is 30.3 Å². The number of benzene rings is 2. The number of hydrogen-bond donors (Lipinski definition) is 0. The number of allylic oxidation sites excluding steroid dienone is 1. The average molecular weight is 352 g/mol. The number of alkyl halides is 3. The van der Waals surface area contributed by atoms with Gasteiger partial charge in [0.15, 0.2) is 18.2 Å². The van der Waals surface area contributed by atoms with Crippen molar-refractivity contribution in [3.8, 4) is 5.75 Å². The van der Waals surface area contributed by atoms with Gasteiger partial charge in [0.1, 0.15) is 0 Å². The molecule has 0 unspecified atom stereocenters. The van der Waals surface area contributed by atoms with Crippen LogP contribution in [0.1, 0.15) is 37.2 Å². The van der Waals surface area contributed by atoms with Crippen LogP contribution in [-0.4, -0.2) is 12.8 Å². The molecular weight excluding hydrogens is 332 g/mol. The van der Waals surface area contributed by atoms with E-state index in [2.05, 4.69) is 11.3 Å². The third-order valence-electron chi connectivity index (χ3n) is 4.91. The van der Waals surface area contributed by atoms with E-state index in [0.717, 1.165) is 31.2 Å². The van der Waals surface area contributed by atoms with Crippen LogP contribution in [0.4, 0.5) is 17.6 Å². The summed E-state index contributed by atoms with van der Waals surface area (Å²) in [5, 5.41) is 0.961. The number of rotatable bonds is 4. The van der Waals surface area contributed by atoms with Crippen LogP contribution >= 0.6 is 0 Å². The van der Waals surface area contributed by atoms with E-state index in [-0.39, 0.29) is 11.1 Å². The lowest BCUT2D eigenvalue weighted by atomic mass is 9.78. The highest BCUT2D eigenvalue weighted by atomic mass is 19.4. The molecule has 0 aliphatic heterocycles. The van der Waals surface area contributed by atoms with Crippen molar-refractivity contribution in [2.24, 2.45) is 5.92 Å². The van der Waals surface area contributed by atoms with Crippen LogP contribution in [0.2, 0.25) is 0 Å². The molecule has 1 aliphatic rings. The Hall–Kier alpha value is -2.04. The maximum atomic E-state index is 14.4. The minimum absolute atomic E-state index is 0.281. The second-order valence-electron chi connectivity index (χ2n) is 6.61. The molecule has 0 N–H and O–H groups in total. The van der Waals surface area contributed by atoms with Gasteiger partial charge in [-0.15, -0.1) is 6.58 Å². The monoisotopic (exact) mass is 352 g/mol. The van der Waals surface area contributed by atoms with Gasteiger partial charge in [0.2, 0.25) is 0 Å². The zero-order chi connectivity index (χ0) is 18.0. The van der Waals surface area contributed by atoms with Crippen molar-refractivity contribution in [2.75, 3.05) is 6.61 Å². The van der Waals surface area contributed by atoms with Gasteiger partial charge in [-0.3, -0.25) is 0 Å². The number of hydrogen-bond acceptors (Lipinski definition) is 1. The molecule has 25 heavy (non-hydrogen) atoms. The van der Waals surface area contributed by atoms with Gasteiger partial charge in [0, 0.05) is 5.39 Å². The lowest BCUT2D eigenvalue weighted by molar-refractivity contribution is -0.153. The molecule has 3 rings (SSSR count). The van der Waals surface area contributed by atoms with E-state index in [1.165, 1.54) is 6.07 Å². The highest BCUT2D eigenvalue weighted by Gasteiger charge is 2.29. The summed E-state index contributed by atoms with van der Waals surface area (Å²) in [7, 11) is 0. The molecule has 0 spiro atoms. The minimum Gasteiger partial charge on any atom is -0.481 e. The Kier molecular flexibility index (Phi) is 5.02. The highest BCUT2D eigenvalue weighted by molar-refractivity contribution is 5.85. The van der Waals surface area contributed by atoms with Gasteiger partial charge in [-0.25, -0.2) is 4.39 Å². The molecule has 1 aliphatic carbocycles. The standard InChI is InChI=1S/C20H20F4O/c1-2-13-3-5-14(6-4-13)15-7-9-17-16(11-15)8-10-18(19(17)21)25-12-20(22,23)24/h2,7-11,13-14H,1,3-6,12H2. The topological polar surface area (TPSA) is 9.23 Å². The number of halogens is 4. The number of fused-ring (bicyclic) bond motifs is 1. The molecule has 2 aromatic rings. The Morgan fingerprint density at radius 2 is 1.80 bits per heavy atom. The maximum Gasteiger partial charge on any atom is 0.422 e. The predicted octanol–water partition coefficient (Wildman–Crippen LogP) is 6.38. The van der Waals surface area contributed by atoms with Crippen molar-refractivity contribution >= 4 is 10.8 Å². The summed E-state index contributed by atoms with van der Waals surface area (Å²) in [4.78, 5) is 0. The van der Waals surface area contributed by atoms with E-state index in [1.54, 1.807) is 12.1 Å². The third kappa shape index (κ3) is 4.14.